The van der Waals surface area contributed by atoms with Crippen molar-refractivity contribution in [2.24, 2.45) is 11.8 Å². The van der Waals surface area contributed by atoms with E-state index < -0.39 is 24.2 Å². The summed E-state index contributed by atoms with van der Waals surface area (Å²) in [6.45, 7) is 7.82. The molecule has 7 nitrogen and oxygen atoms in total. The monoisotopic (exact) mass is 519 g/mol. The molecule has 2 aromatic carbocycles. The minimum atomic E-state index is -0.852. The summed E-state index contributed by atoms with van der Waals surface area (Å²) in [5, 5.41) is 13.0. The molecule has 0 saturated carbocycles. The molecule has 4 rings (SSSR count). The van der Waals surface area contributed by atoms with Crippen LogP contribution in [0.5, 0.6) is 0 Å². The van der Waals surface area contributed by atoms with Crippen LogP contribution in [0.1, 0.15) is 49.4 Å². The van der Waals surface area contributed by atoms with Gasteiger partial charge < -0.3 is 20.2 Å². The van der Waals surface area contributed by atoms with E-state index >= 15 is 0 Å². The van der Waals surface area contributed by atoms with E-state index in [1.165, 1.54) is 16.0 Å². The molecule has 0 aromatic heterocycles. The van der Waals surface area contributed by atoms with Crippen LogP contribution in [0.2, 0.25) is 0 Å². The van der Waals surface area contributed by atoms with Crippen molar-refractivity contribution in [3.8, 4) is 0 Å². The zero-order valence-corrected chi connectivity index (χ0v) is 23.2. The van der Waals surface area contributed by atoms with Gasteiger partial charge in [0.05, 0.1) is 6.10 Å². The summed E-state index contributed by atoms with van der Waals surface area (Å²) in [6, 6.07) is 13.8. The highest BCUT2D eigenvalue weighted by Gasteiger charge is 2.49. The number of benzene rings is 2. The quantitative estimate of drug-likeness (QED) is 0.533. The fourth-order valence-electron chi connectivity index (χ4n) is 5.93. The molecular formula is C31H41N3O4. The Hall–Kier alpha value is -3.19. The van der Waals surface area contributed by atoms with Gasteiger partial charge in [0.1, 0.15) is 18.1 Å². The number of hydrogen-bond acceptors (Lipinski definition) is 4. The number of carbonyl (C=O) groups excluding carboxylic acids is 3. The van der Waals surface area contributed by atoms with Gasteiger partial charge in [0, 0.05) is 20.0 Å². The maximum absolute atomic E-state index is 14.3. The Morgan fingerprint density at radius 2 is 1.66 bits per heavy atom. The van der Waals surface area contributed by atoms with E-state index in [0.717, 1.165) is 11.1 Å². The Bertz CT molecular complexity index is 1130. The fourth-order valence-corrected chi connectivity index (χ4v) is 5.93. The molecule has 1 aliphatic heterocycles. The molecule has 2 N–H and O–H groups in total. The van der Waals surface area contributed by atoms with Crippen molar-refractivity contribution in [3.63, 3.8) is 0 Å². The number of fused-ring (bicyclic) bond motifs is 1. The highest BCUT2D eigenvalue weighted by Crippen LogP contribution is 2.33. The third-order valence-corrected chi connectivity index (χ3v) is 7.79. The van der Waals surface area contributed by atoms with Gasteiger partial charge in [-0.2, -0.15) is 0 Å². The van der Waals surface area contributed by atoms with Gasteiger partial charge in [0.15, 0.2) is 0 Å². The topological polar surface area (TPSA) is 90.0 Å². The van der Waals surface area contributed by atoms with Crippen molar-refractivity contribution >= 4 is 17.7 Å². The summed E-state index contributed by atoms with van der Waals surface area (Å²) in [7, 11) is 1.65. The van der Waals surface area contributed by atoms with Crippen LogP contribution in [-0.2, 0) is 33.6 Å². The number of nitrogens with zero attached hydrogens (tertiary/aromatic N) is 2. The van der Waals surface area contributed by atoms with Gasteiger partial charge in [-0.15, -0.1) is 0 Å². The van der Waals surface area contributed by atoms with Crippen LogP contribution >= 0.6 is 0 Å². The minimum Gasteiger partial charge on any atom is -0.392 e. The lowest BCUT2D eigenvalue weighted by Gasteiger charge is -2.45. The summed E-state index contributed by atoms with van der Waals surface area (Å²) < 4.78 is 0. The van der Waals surface area contributed by atoms with E-state index in [2.05, 4.69) is 17.4 Å². The second-order valence-corrected chi connectivity index (χ2v) is 11.6. The maximum Gasteiger partial charge on any atom is 0.246 e. The first-order valence-electron chi connectivity index (χ1n) is 13.7. The first kappa shape index (κ1) is 27.8. The number of hydrogen-bond donors (Lipinski definition) is 2. The Kier molecular flexibility index (Phi) is 8.56. The van der Waals surface area contributed by atoms with Crippen molar-refractivity contribution in [2.45, 2.75) is 77.6 Å². The predicted octanol–water partition coefficient (Wildman–Crippen LogP) is 2.90. The largest absolute Gasteiger partial charge is 0.392 e. The van der Waals surface area contributed by atoms with Gasteiger partial charge >= 0.3 is 0 Å². The molecular weight excluding hydrogens is 478 g/mol. The Labute approximate surface area is 226 Å². The van der Waals surface area contributed by atoms with Crippen LogP contribution in [0.15, 0.2) is 48.5 Å². The van der Waals surface area contributed by atoms with Crippen LogP contribution < -0.4 is 5.32 Å². The van der Waals surface area contributed by atoms with Gasteiger partial charge in [-0.25, -0.2) is 0 Å². The lowest BCUT2D eigenvalue weighted by atomic mass is 9.88. The Morgan fingerprint density at radius 3 is 2.21 bits per heavy atom. The van der Waals surface area contributed by atoms with Crippen molar-refractivity contribution < 1.29 is 19.5 Å². The Balaban J connectivity index is 1.72. The van der Waals surface area contributed by atoms with E-state index in [0.29, 0.717) is 25.7 Å². The molecule has 1 aliphatic carbocycles. The van der Waals surface area contributed by atoms with E-state index in [1.54, 1.807) is 18.9 Å². The first-order valence-corrected chi connectivity index (χ1v) is 13.7. The molecule has 4 atom stereocenters. The molecule has 2 aliphatic rings. The smallest absolute Gasteiger partial charge is 0.246 e. The summed E-state index contributed by atoms with van der Waals surface area (Å²) in [6.07, 6.45) is 1.49. The van der Waals surface area contributed by atoms with E-state index in [-0.39, 0.29) is 36.1 Å². The highest BCUT2D eigenvalue weighted by atomic mass is 16.3. The van der Waals surface area contributed by atoms with Gasteiger partial charge in [-0.1, -0.05) is 67.9 Å². The van der Waals surface area contributed by atoms with E-state index in [9.17, 15) is 19.5 Å². The van der Waals surface area contributed by atoms with Crippen LogP contribution in [0.25, 0.3) is 0 Å². The van der Waals surface area contributed by atoms with Gasteiger partial charge in [0.2, 0.25) is 17.7 Å². The molecule has 38 heavy (non-hydrogen) atoms. The number of likely N-dealkylation sites (N-methyl/N-ethyl adjacent to an activating group) is 1. The summed E-state index contributed by atoms with van der Waals surface area (Å²) >= 11 is 0. The van der Waals surface area contributed by atoms with E-state index in [4.69, 9.17) is 0 Å². The molecule has 0 radical (unpaired) electrons. The third-order valence-electron chi connectivity index (χ3n) is 7.79. The summed E-state index contributed by atoms with van der Waals surface area (Å²) in [5.74, 6) is -0.560. The number of aryl methyl sites for hydroxylation is 1. The molecule has 204 valence electrons. The van der Waals surface area contributed by atoms with Crippen molar-refractivity contribution in [1.82, 2.24) is 15.1 Å². The number of nitrogens with one attached hydrogen (secondary N) is 1. The number of amides is 3. The average Bonchev–Trinajstić information content (AvgIpc) is 3.29. The van der Waals surface area contributed by atoms with Crippen molar-refractivity contribution in [3.05, 3.63) is 70.8 Å². The highest BCUT2D eigenvalue weighted by molar-refractivity contribution is 6.00. The van der Waals surface area contributed by atoms with Gasteiger partial charge in [-0.05, 0) is 61.6 Å². The molecule has 1 saturated heterocycles. The molecule has 3 amide bonds. The maximum atomic E-state index is 14.3. The van der Waals surface area contributed by atoms with Gasteiger partial charge in [-0.3, -0.25) is 14.4 Å². The van der Waals surface area contributed by atoms with Crippen LogP contribution in [0, 0.1) is 18.8 Å². The Morgan fingerprint density at radius 1 is 1.05 bits per heavy atom. The molecule has 2 aromatic rings. The van der Waals surface area contributed by atoms with Crippen molar-refractivity contribution in [2.75, 3.05) is 13.6 Å². The lowest BCUT2D eigenvalue weighted by molar-refractivity contribution is -0.159. The van der Waals surface area contributed by atoms with Crippen molar-refractivity contribution in [1.29, 1.82) is 0 Å². The summed E-state index contributed by atoms with van der Waals surface area (Å²) in [4.78, 5) is 45.0. The number of aliphatic hydroxyl groups is 1. The molecule has 0 bridgehead atoms. The number of piperazine rings is 1. The normalized spacial score (nSPS) is 21.3. The third kappa shape index (κ3) is 6.09. The number of aliphatic hydroxyl groups excluding tert-OH is 1. The summed E-state index contributed by atoms with van der Waals surface area (Å²) in [5.41, 5.74) is 4.44. The van der Waals surface area contributed by atoms with Crippen LogP contribution in [0.4, 0.5) is 0 Å². The first-order chi connectivity index (χ1) is 18.0. The van der Waals surface area contributed by atoms with Gasteiger partial charge in [0.25, 0.3) is 0 Å². The van der Waals surface area contributed by atoms with Crippen LogP contribution in [0.3, 0.4) is 0 Å². The second-order valence-electron chi connectivity index (χ2n) is 11.6. The fraction of sp³-hybridized carbons (Fsp3) is 0.516. The SMILES string of the molecule is Cc1ccc(CC(C(=O)N(C)CC(C)O)N2C(=O)[C@@H](C3Cc4ccccc4C3)NC(=O)[C@H]2CC(C)C)cc1. The molecule has 7 heteroatoms. The minimum absolute atomic E-state index is 0.0586. The predicted molar refractivity (Wildman–Crippen MR) is 147 cm³/mol. The zero-order chi connectivity index (χ0) is 27.6. The average molecular weight is 520 g/mol. The number of carbonyl (C=O) groups is 3. The molecule has 1 heterocycles. The lowest BCUT2D eigenvalue weighted by Crippen LogP contribution is -2.69. The molecule has 2 unspecified atom stereocenters. The van der Waals surface area contributed by atoms with Crippen LogP contribution in [-0.4, -0.2) is 70.4 Å². The zero-order valence-electron chi connectivity index (χ0n) is 23.2. The number of rotatable bonds is 9. The molecule has 1 fully saturated rings. The second kappa shape index (κ2) is 11.7. The van der Waals surface area contributed by atoms with E-state index in [1.807, 2.05) is 57.2 Å². The molecule has 0 spiro atoms. The standard InChI is InChI=1S/C31H41N3O4/c1-19(2)14-26-29(36)32-28(25-16-23-8-6-7-9-24(23)17-25)31(38)34(26)27(30(37)33(5)18-21(4)35)15-22-12-10-20(3)11-13-22/h6-13,19,21,25-28,35H,14-18H2,1-5H3,(H,32,36)/t21?,26-,27?,28-/m1/s1.